The second-order valence-electron chi connectivity index (χ2n) is 18.5. The third kappa shape index (κ3) is 48.9. The van der Waals surface area contributed by atoms with E-state index >= 15 is 0 Å². The molecule has 6 heteroatoms. The first-order valence-electron chi connectivity index (χ1n) is 27.3. The molecule has 0 heterocycles. The van der Waals surface area contributed by atoms with Crippen LogP contribution in [0.3, 0.4) is 0 Å². The molecule has 0 amide bonds. The minimum Gasteiger partial charge on any atom is -0.462 e. The zero-order valence-electron chi connectivity index (χ0n) is 41.7. The van der Waals surface area contributed by atoms with Crippen molar-refractivity contribution in [2.24, 2.45) is 0 Å². The quantitative estimate of drug-likeness (QED) is 0.0262. The van der Waals surface area contributed by atoms with Gasteiger partial charge in [-0.25, -0.2) is 0 Å². The second kappa shape index (κ2) is 51.5. The number of rotatable bonds is 50. The van der Waals surface area contributed by atoms with Gasteiger partial charge in [-0.1, -0.05) is 251 Å². The van der Waals surface area contributed by atoms with Gasteiger partial charge in [-0.2, -0.15) is 0 Å². The summed E-state index contributed by atoms with van der Waals surface area (Å²) in [5, 5.41) is 0. The predicted molar refractivity (Wildman–Crippen MR) is 266 cm³/mol. The largest absolute Gasteiger partial charge is 0.462 e. The Morgan fingerprint density at radius 3 is 0.919 bits per heavy atom. The maximum atomic E-state index is 12.8. The van der Waals surface area contributed by atoms with Crippen molar-refractivity contribution < 1.29 is 28.6 Å². The molecule has 0 aromatic rings. The van der Waals surface area contributed by atoms with Gasteiger partial charge in [0.2, 0.25) is 0 Å². The van der Waals surface area contributed by atoms with Crippen molar-refractivity contribution in [2.45, 2.75) is 303 Å². The molecule has 0 fully saturated rings. The highest BCUT2D eigenvalue weighted by atomic mass is 16.6. The fraction of sp³-hybridized carbons (Fsp3) is 0.875. The summed E-state index contributed by atoms with van der Waals surface area (Å²) in [7, 11) is 0. The van der Waals surface area contributed by atoms with Crippen LogP contribution in [0, 0.1) is 0 Å². The first kappa shape index (κ1) is 59.9. The van der Waals surface area contributed by atoms with Gasteiger partial charge in [0, 0.05) is 19.3 Å². The summed E-state index contributed by atoms with van der Waals surface area (Å²) in [6, 6.07) is 0. The van der Waals surface area contributed by atoms with Crippen LogP contribution in [0.5, 0.6) is 0 Å². The summed E-state index contributed by atoms with van der Waals surface area (Å²) in [5.41, 5.74) is 0. The average Bonchev–Trinajstić information content (AvgIpc) is 3.27. The molecule has 1 unspecified atom stereocenters. The lowest BCUT2D eigenvalue weighted by Gasteiger charge is -2.18. The summed E-state index contributed by atoms with van der Waals surface area (Å²) in [5.74, 6) is -0.868. The molecule has 6 nitrogen and oxygen atoms in total. The van der Waals surface area contributed by atoms with E-state index in [4.69, 9.17) is 14.2 Å². The van der Waals surface area contributed by atoms with Gasteiger partial charge in [0.25, 0.3) is 0 Å². The van der Waals surface area contributed by atoms with Crippen LogP contribution < -0.4 is 0 Å². The zero-order chi connectivity index (χ0) is 45.1. The highest BCUT2D eigenvalue weighted by Gasteiger charge is 2.19. The molecule has 0 aliphatic carbocycles. The Morgan fingerprint density at radius 2 is 0.581 bits per heavy atom. The number of hydrogen-bond acceptors (Lipinski definition) is 6. The number of hydrogen-bond donors (Lipinski definition) is 0. The smallest absolute Gasteiger partial charge is 0.306 e. The van der Waals surface area contributed by atoms with Crippen molar-refractivity contribution in [3.8, 4) is 0 Å². The fourth-order valence-electron chi connectivity index (χ4n) is 8.06. The minimum atomic E-state index is -0.772. The van der Waals surface area contributed by atoms with Gasteiger partial charge in [-0.05, 0) is 51.4 Å². The van der Waals surface area contributed by atoms with Gasteiger partial charge in [-0.15, -0.1) is 0 Å². The van der Waals surface area contributed by atoms with Crippen molar-refractivity contribution >= 4 is 17.9 Å². The van der Waals surface area contributed by atoms with Gasteiger partial charge < -0.3 is 14.2 Å². The van der Waals surface area contributed by atoms with Crippen molar-refractivity contribution in [3.63, 3.8) is 0 Å². The highest BCUT2D eigenvalue weighted by Crippen LogP contribution is 2.16. The van der Waals surface area contributed by atoms with Gasteiger partial charge in [0.15, 0.2) is 6.10 Å². The molecule has 1 atom stereocenters. The van der Waals surface area contributed by atoms with Crippen LogP contribution in [0.1, 0.15) is 297 Å². The summed E-state index contributed by atoms with van der Waals surface area (Å²) >= 11 is 0. The maximum Gasteiger partial charge on any atom is 0.306 e. The summed E-state index contributed by atoms with van der Waals surface area (Å²) in [6.07, 6.45) is 58.7. The summed E-state index contributed by atoms with van der Waals surface area (Å²) in [6.45, 7) is 6.64. The molecule has 364 valence electrons. The van der Waals surface area contributed by atoms with E-state index in [1.165, 1.54) is 180 Å². The van der Waals surface area contributed by atoms with Crippen LogP contribution in [-0.2, 0) is 28.6 Å². The Hall–Kier alpha value is -2.11. The van der Waals surface area contributed by atoms with Gasteiger partial charge in [0.1, 0.15) is 13.2 Å². The molecule has 0 rings (SSSR count). The first-order valence-corrected chi connectivity index (χ1v) is 27.3. The van der Waals surface area contributed by atoms with E-state index in [0.29, 0.717) is 19.3 Å². The van der Waals surface area contributed by atoms with E-state index in [1.807, 2.05) is 0 Å². The molecule has 62 heavy (non-hydrogen) atoms. The molecule has 0 radical (unpaired) electrons. The maximum absolute atomic E-state index is 12.8. The number of carbonyl (C=O) groups is 3. The van der Waals surface area contributed by atoms with Crippen LogP contribution in [0.2, 0.25) is 0 Å². The standard InChI is InChI=1S/C56H104O6/c1-4-7-10-13-16-19-22-25-27-28-30-31-34-37-40-43-46-49-55(58)61-52-53(51-60-54(57)48-45-42-39-36-33-24-21-18-15-12-9-6-3)62-56(59)50-47-44-41-38-35-32-29-26-23-20-17-14-11-8-5-2/h17,20,26,29,53H,4-16,18-19,21-25,27-28,30-52H2,1-3H3/b20-17-,29-26-. The Bertz CT molecular complexity index is 1000. The Labute approximate surface area is 385 Å². The summed E-state index contributed by atoms with van der Waals surface area (Å²) < 4.78 is 16.8. The topological polar surface area (TPSA) is 78.9 Å². The lowest BCUT2D eigenvalue weighted by atomic mass is 10.0. The molecule has 0 spiro atoms. The van der Waals surface area contributed by atoms with Gasteiger partial charge >= 0.3 is 17.9 Å². The average molecular weight is 873 g/mol. The number of allylic oxidation sites excluding steroid dienone is 4. The number of ether oxygens (including phenoxy) is 3. The van der Waals surface area contributed by atoms with E-state index in [9.17, 15) is 14.4 Å². The Morgan fingerprint density at radius 1 is 0.323 bits per heavy atom. The summed E-state index contributed by atoms with van der Waals surface area (Å²) in [4.78, 5) is 38.0. The molecule has 0 N–H and O–H groups in total. The van der Waals surface area contributed by atoms with E-state index in [-0.39, 0.29) is 31.1 Å². The van der Waals surface area contributed by atoms with Crippen LogP contribution in [0.25, 0.3) is 0 Å². The highest BCUT2D eigenvalue weighted by molar-refractivity contribution is 5.71. The number of esters is 3. The van der Waals surface area contributed by atoms with Crippen LogP contribution in [0.4, 0.5) is 0 Å². The SMILES string of the molecule is CCCCC/C=C\C/C=C\CCCCCCCC(=O)OC(COC(=O)CCCCCCCCCCCCCC)COC(=O)CCCCCCCCCCCCCCCCCCC. The predicted octanol–water partition coefficient (Wildman–Crippen LogP) is 17.9. The Balaban J connectivity index is 4.33. The van der Waals surface area contributed by atoms with Crippen LogP contribution in [-0.4, -0.2) is 37.2 Å². The lowest BCUT2D eigenvalue weighted by Crippen LogP contribution is -2.30. The van der Waals surface area contributed by atoms with Crippen LogP contribution in [0.15, 0.2) is 24.3 Å². The van der Waals surface area contributed by atoms with E-state index in [0.717, 1.165) is 77.0 Å². The van der Waals surface area contributed by atoms with Crippen molar-refractivity contribution in [2.75, 3.05) is 13.2 Å². The molecule has 0 saturated carbocycles. The minimum absolute atomic E-state index is 0.0718. The van der Waals surface area contributed by atoms with Crippen LogP contribution >= 0.6 is 0 Å². The fourth-order valence-corrected chi connectivity index (χ4v) is 8.06. The lowest BCUT2D eigenvalue weighted by molar-refractivity contribution is -0.167. The van der Waals surface area contributed by atoms with E-state index in [2.05, 4.69) is 45.1 Å². The molecule has 0 bridgehead atoms. The molecule has 0 aromatic carbocycles. The molecule has 0 aliphatic heterocycles. The first-order chi connectivity index (χ1) is 30.5. The van der Waals surface area contributed by atoms with Crippen molar-refractivity contribution in [3.05, 3.63) is 24.3 Å². The van der Waals surface area contributed by atoms with Crippen molar-refractivity contribution in [1.29, 1.82) is 0 Å². The third-order valence-corrected chi connectivity index (χ3v) is 12.2. The van der Waals surface area contributed by atoms with Gasteiger partial charge in [0.05, 0.1) is 0 Å². The molecular weight excluding hydrogens is 769 g/mol. The van der Waals surface area contributed by atoms with Crippen molar-refractivity contribution in [1.82, 2.24) is 0 Å². The van der Waals surface area contributed by atoms with Gasteiger partial charge in [-0.3, -0.25) is 14.4 Å². The van der Waals surface area contributed by atoms with E-state index in [1.54, 1.807) is 0 Å². The van der Waals surface area contributed by atoms with E-state index < -0.39 is 6.10 Å². The number of carbonyl (C=O) groups excluding carboxylic acids is 3. The monoisotopic (exact) mass is 873 g/mol. The molecular formula is C56H104O6. The zero-order valence-corrected chi connectivity index (χ0v) is 41.7. The Kier molecular flexibility index (Phi) is 49.8. The molecule has 0 aromatic heterocycles. The normalized spacial score (nSPS) is 12.1. The third-order valence-electron chi connectivity index (χ3n) is 12.2. The second-order valence-corrected chi connectivity index (χ2v) is 18.5. The molecule has 0 saturated heterocycles. The molecule has 0 aliphatic rings. The number of unbranched alkanes of at least 4 members (excludes halogenated alkanes) is 35.